The topological polar surface area (TPSA) is 223 Å². The average Bonchev–Trinajstić information content (AvgIpc) is 2.99. The average molecular weight is 619 g/mol. The van der Waals surface area contributed by atoms with Gasteiger partial charge < -0.3 is 55.4 Å². The molecule has 0 spiro atoms. The van der Waals surface area contributed by atoms with Crippen LogP contribution < -0.4 is 9.47 Å². The third kappa shape index (κ3) is 5.77. The molecule has 0 atom stereocenters. The van der Waals surface area contributed by atoms with Crippen LogP contribution in [0.15, 0.2) is 75.6 Å². The van der Waals surface area contributed by atoms with E-state index in [9.17, 15) is 46.0 Å². The normalized spacial score (nSPS) is 10.8. The van der Waals surface area contributed by atoms with E-state index in [1.54, 1.807) is 0 Å². The molecular weight excluding hydrogens is 592 g/mol. The zero-order valence-corrected chi connectivity index (χ0v) is 23.5. The van der Waals surface area contributed by atoms with E-state index in [0.717, 1.165) is 12.1 Å². The molecule has 0 bridgehead atoms. The number of aromatic hydroxyl groups is 9. The minimum Gasteiger partial charge on any atom is -0.507 e. The summed E-state index contributed by atoms with van der Waals surface area (Å²) in [6, 6.07) is 14.3. The Balaban J connectivity index is 0.000000179. The molecule has 45 heavy (non-hydrogen) atoms. The summed E-state index contributed by atoms with van der Waals surface area (Å²) in [6.45, 7) is 0. The molecule has 0 aliphatic carbocycles. The molecule has 230 valence electrons. The quantitative estimate of drug-likeness (QED) is 0.0802. The molecule has 0 radical (unpaired) electrons. The number of benzene rings is 4. The van der Waals surface area contributed by atoms with Crippen LogP contribution in [-0.4, -0.2) is 60.2 Å². The third-order valence-corrected chi connectivity index (χ3v) is 6.64. The molecule has 0 saturated carbocycles. The summed E-state index contributed by atoms with van der Waals surface area (Å²) in [5.41, 5.74) is 1.04. The van der Waals surface area contributed by atoms with Gasteiger partial charge in [-0.05, 0) is 12.1 Å². The number of hydrogen-bond donors (Lipinski definition) is 9. The smallest absolute Gasteiger partial charge is 0.402 e. The largest absolute Gasteiger partial charge is 0.507 e. The fraction of sp³-hybridized carbons (Fsp3) is 0.0625. The lowest BCUT2D eigenvalue weighted by Gasteiger charge is -2.09. The van der Waals surface area contributed by atoms with E-state index in [2.05, 4.69) is 0 Å². The summed E-state index contributed by atoms with van der Waals surface area (Å²) in [5.74, 6) is -1.79. The SMILES string of the molecule is COc1cc(-c2[o+]c3cc(O)cc(O)c3cc2O)cc(OC)c1O.Oc1cc(O)c2cc(O)c(-c3ccc(O)c(O)c3)[o+]c2c1. The monoisotopic (exact) mass is 618 g/mol. The van der Waals surface area contributed by atoms with Crippen molar-refractivity contribution in [2.45, 2.75) is 0 Å². The van der Waals surface area contributed by atoms with Gasteiger partial charge in [0.2, 0.25) is 17.2 Å². The predicted octanol–water partition coefficient (Wildman–Crippen LogP) is 6.13. The Morgan fingerprint density at radius 1 is 0.444 bits per heavy atom. The highest BCUT2D eigenvalue weighted by Crippen LogP contribution is 2.45. The molecule has 9 N–H and O–H groups in total. The number of rotatable bonds is 4. The summed E-state index contributed by atoms with van der Waals surface area (Å²) in [5, 5.41) is 88.1. The fourth-order valence-corrected chi connectivity index (χ4v) is 4.49. The Hall–Kier alpha value is -6.50. The van der Waals surface area contributed by atoms with Gasteiger partial charge in [-0.1, -0.05) is 0 Å². The minimum absolute atomic E-state index is 0.0304. The number of methoxy groups -OCH3 is 2. The van der Waals surface area contributed by atoms with Crippen LogP contribution in [0.2, 0.25) is 0 Å². The third-order valence-electron chi connectivity index (χ3n) is 6.64. The first-order valence-electron chi connectivity index (χ1n) is 12.9. The Kier molecular flexibility index (Phi) is 7.76. The Morgan fingerprint density at radius 2 is 0.911 bits per heavy atom. The van der Waals surface area contributed by atoms with E-state index in [1.807, 2.05) is 0 Å². The van der Waals surface area contributed by atoms with Crippen LogP contribution in [-0.2, 0) is 0 Å². The lowest BCUT2D eigenvalue weighted by atomic mass is 10.1. The number of phenolic OH excluding ortho intramolecular Hbond substituents is 7. The first kappa shape index (κ1) is 30.0. The van der Waals surface area contributed by atoms with Crippen molar-refractivity contribution in [3.63, 3.8) is 0 Å². The van der Waals surface area contributed by atoms with Crippen molar-refractivity contribution in [3.8, 4) is 85.9 Å². The molecule has 0 fully saturated rings. The van der Waals surface area contributed by atoms with Crippen molar-refractivity contribution >= 4 is 21.9 Å². The molecule has 0 aliphatic heterocycles. The van der Waals surface area contributed by atoms with Crippen molar-refractivity contribution < 1.29 is 64.3 Å². The number of ether oxygens (including phenoxy) is 2. The molecule has 13 nitrogen and oxygen atoms in total. The Morgan fingerprint density at radius 3 is 1.36 bits per heavy atom. The fourth-order valence-electron chi connectivity index (χ4n) is 4.49. The van der Waals surface area contributed by atoms with E-state index < -0.39 is 0 Å². The summed E-state index contributed by atoms with van der Waals surface area (Å²) in [6.07, 6.45) is 0. The summed E-state index contributed by atoms with van der Waals surface area (Å²) in [7, 11) is 2.76. The van der Waals surface area contributed by atoms with Crippen molar-refractivity contribution in [1.82, 2.24) is 0 Å². The maximum absolute atomic E-state index is 10.2. The first-order chi connectivity index (χ1) is 21.4. The van der Waals surface area contributed by atoms with Crippen molar-refractivity contribution in [1.29, 1.82) is 0 Å². The van der Waals surface area contributed by atoms with Gasteiger partial charge in [-0.3, -0.25) is 0 Å². The van der Waals surface area contributed by atoms with Crippen LogP contribution in [0.5, 0.6) is 63.2 Å². The van der Waals surface area contributed by atoms with Crippen LogP contribution >= 0.6 is 0 Å². The van der Waals surface area contributed by atoms with Gasteiger partial charge in [-0.2, -0.15) is 0 Å². The number of phenols is 7. The molecule has 2 aromatic heterocycles. The van der Waals surface area contributed by atoms with Gasteiger partial charge in [-0.15, -0.1) is 0 Å². The maximum Gasteiger partial charge on any atom is 0.402 e. The molecule has 4 aromatic carbocycles. The van der Waals surface area contributed by atoms with Crippen molar-refractivity contribution in [2.24, 2.45) is 0 Å². The standard InChI is InChI=1S/C17H14O7.C15H10O6/c1-22-14-3-8(4-15(23-2)16(14)21)17-12(20)7-10-11(19)5-9(18)6-13(10)24-17;16-8-4-11(18)9-6-13(20)15(21-14(9)5-8)7-1-2-10(17)12(19)3-7/h3-7H,1-2H3,(H3-,18,19,20,21);1-6H,(H4-,16,17,18,19,20)/p+2. The molecular formula is C32H26O13+2. The molecule has 6 aromatic rings. The highest BCUT2D eigenvalue weighted by atomic mass is 16.5. The van der Waals surface area contributed by atoms with Crippen LogP contribution in [0.3, 0.4) is 0 Å². The van der Waals surface area contributed by atoms with Gasteiger partial charge >= 0.3 is 22.7 Å². The molecule has 0 aliphatic rings. The summed E-state index contributed by atoms with van der Waals surface area (Å²) < 4.78 is 21.3. The van der Waals surface area contributed by atoms with Gasteiger partial charge in [0.15, 0.2) is 23.0 Å². The van der Waals surface area contributed by atoms with Crippen LogP contribution in [0.1, 0.15) is 0 Å². The Labute approximate surface area is 253 Å². The van der Waals surface area contributed by atoms with E-state index in [-0.39, 0.29) is 96.7 Å². The number of fused-ring (bicyclic) bond motifs is 2. The zero-order valence-electron chi connectivity index (χ0n) is 23.5. The van der Waals surface area contributed by atoms with Gasteiger partial charge in [-0.25, -0.2) is 8.83 Å². The van der Waals surface area contributed by atoms with E-state index in [4.69, 9.17) is 18.3 Å². The second-order valence-electron chi connectivity index (χ2n) is 9.61. The van der Waals surface area contributed by atoms with E-state index in [1.165, 1.54) is 68.8 Å². The second-order valence-corrected chi connectivity index (χ2v) is 9.61. The molecule has 13 heteroatoms. The molecule has 0 amide bonds. The Bertz CT molecular complexity index is 2060. The number of hydrogen-bond acceptors (Lipinski definition) is 11. The molecule has 0 saturated heterocycles. The highest BCUT2D eigenvalue weighted by molar-refractivity contribution is 5.89. The van der Waals surface area contributed by atoms with Gasteiger partial charge in [0.1, 0.15) is 33.8 Å². The minimum atomic E-state index is -0.360. The zero-order chi connectivity index (χ0) is 32.6. The lowest BCUT2D eigenvalue weighted by molar-refractivity contribution is 0.340. The van der Waals surface area contributed by atoms with Crippen LogP contribution in [0, 0.1) is 0 Å². The predicted molar refractivity (Wildman–Crippen MR) is 160 cm³/mol. The first-order valence-corrected chi connectivity index (χ1v) is 12.9. The van der Waals surface area contributed by atoms with Crippen molar-refractivity contribution in [3.05, 3.63) is 66.7 Å². The van der Waals surface area contributed by atoms with Crippen LogP contribution in [0.25, 0.3) is 44.6 Å². The van der Waals surface area contributed by atoms with Gasteiger partial charge in [0.05, 0.1) is 37.5 Å². The van der Waals surface area contributed by atoms with Gasteiger partial charge in [0, 0.05) is 42.5 Å². The van der Waals surface area contributed by atoms with Crippen molar-refractivity contribution in [2.75, 3.05) is 14.2 Å². The molecule has 6 rings (SSSR count). The second kappa shape index (κ2) is 11.6. The van der Waals surface area contributed by atoms with E-state index >= 15 is 0 Å². The summed E-state index contributed by atoms with van der Waals surface area (Å²) >= 11 is 0. The maximum atomic E-state index is 10.2. The summed E-state index contributed by atoms with van der Waals surface area (Å²) in [4.78, 5) is 0. The van der Waals surface area contributed by atoms with Gasteiger partial charge in [0.25, 0.3) is 0 Å². The van der Waals surface area contributed by atoms with Crippen LogP contribution in [0.4, 0.5) is 0 Å². The van der Waals surface area contributed by atoms with E-state index in [0.29, 0.717) is 11.1 Å². The lowest BCUT2D eigenvalue weighted by Crippen LogP contribution is -1.91. The molecule has 0 unspecified atom stereocenters. The molecule has 2 heterocycles. The highest BCUT2D eigenvalue weighted by Gasteiger charge is 2.27.